The minimum Gasteiger partial charge on any atom is -0.378 e. The summed E-state index contributed by atoms with van der Waals surface area (Å²) in [6, 6.07) is 0. The summed E-state index contributed by atoms with van der Waals surface area (Å²) in [6.07, 6.45) is 8.81. The molecule has 3 nitrogen and oxygen atoms in total. The van der Waals surface area contributed by atoms with Crippen molar-refractivity contribution in [1.82, 2.24) is 5.32 Å². The van der Waals surface area contributed by atoms with E-state index in [0.717, 1.165) is 37.7 Å². The van der Waals surface area contributed by atoms with E-state index in [0.29, 0.717) is 12.5 Å². The number of ether oxygens (including phenoxy) is 1. The molecule has 1 N–H and O–H groups in total. The second kappa shape index (κ2) is 9.89. The third-order valence-corrected chi connectivity index (χ3v) is 3.66. The van der Waals surface area contributed by atoms with Gasteiger partial charge in [0.1, 0.15) is 0 Å². The SMILES string of the molecule is O=C(CCC1CCCCO1)NCCCCCBr. The Morgan fingerprint density at radius 1 is 1.29 bits per heavy atom. The van der Waals surface area contributed by atoms with Gasteiger partial charge in [0.25, 0.3) is 0 Å². The van der Waals surface area contributed by atoms with Crippen LogP contribution in [-0.4, -0.2) is 30.5 Å². The number of amides is 1. The number of nitrogens with one attached hydrogen (secondary N) is 1. The first kappa shape index (κ1) is 15.0. The molecule has 0 aromatic carbocycles. The van der Waals surface area contributed by atoms with Gasteiger partial charge in [-0.15, -0.1) is 0 Å². The molecule has 1 unspecified atom stereocenters. The molecule has 4 heteroatoms. The van der Waals surface area contributed by atoms with E-state index in [2.05, 4.69) is 21.2 Å². The van der Waals surface area contributed by atoms with Crippen molar-refractivity contribution in [2.45, 2.75) is 57.5 Å². The standard InChI is InChI=1S/C13H24BrNO2/c14-9-3-1-4-10-15-13(16)8-7-12-6-2-5-11-17-12/h12H,1-11H2,(H,15,16). The molecule has 1 aliphatic rings. The normalized spacial score (nSPS) is 20.2. The molecule has 0 spiro atoms. The molecule has 17 heavy (non-hydrogen) atoms. The molecule has 1 atom stereocenters. The number of halogens is 1. The molecule has 1 amide bonds. The number of alkyl halides is 1. The highest BCUT2D eigenvalue weighted by molar-refractivity contribution is 9.09. The van der Waals surface area contributed by atoms with Gasteiger partial charge < -0.3 is 10.1 Å². The van der Waals surface area contributed by atoms with Crippen LogP contribution in [0.1, 0.15) is 51.4 Å². The molecular weight excluding hydrogens is 282 g/mol. The fourth-order valence-electron chi connectivity index (χ4n) is 2.04. The Bertz CT molecular complexity index is 206. The van der Waals surface area contributed by atoms with Crippen molar-refractivity contribution in [1.29, 1.82) is 0 Å². The van der Waals surface area contributed by atoms with E-state index in [1.807, 2.05) is 0 Å². The van der Waals surface area contributed by atoms with Gasteiger partial charge in [-0.3, -0.25) is 4.79 Å². The number of unbranched alkanes of at least 4 members (excludes halogenated alkanes) is 2. The lowest BCUT2D eigenvalue weighted by Crippen LogP contribution is -2.27. The summed E-state index contributed by atoms with van der Waals surface area (Å²) < 4.78 is 5.60. The van der Waals surface area contributed by atoms with E-state index in [9.17, 15) is 4.79 Å². The third-order valence-electron chi connectivity index (χ3n) is 3.10. The van der Waals surface area contributed by atoms with Gasteiger partial charge in [-0.1, -0.05) is 22.4 Å². The zero-order chi connectivity index (χ0) is 12.3. The molecule has 1 fully saturated rings. The highest BCUT2D eigenvalue weighted by Crippen LogP contribution is 2.16. The van der Waals surface area contributed by atoms with Crippen molar-refractivity contribution in [3.8, 4) is 0 Å². The molecule has 0 bridgehead atoms. The zero-order valence-corrected chi connectivity index (χ0v) is 12.1. The van der Waals surface area contributed by atoms with Gasteiger partial charge in [0.05, 0.1) is 6.10 Å². The first-order chi connectivity index (χ1) is 8.33. The maximum atomic E-state index is 11.5. The van der Waals surface area contributed by atoms with Gasteiger partial charge in [-0.25, -0.2) is 0 Å². The smallest absolute Gasteiger partial charge is 0.220 e. The molecule has 0 saturated carbocycles. The first-order valence-corrected chi connectivity index (χ1v) is 7.89. The molecule has 0 aromatic heterocycles. The fourth-order valence-corrected chi connectivity index (χ4v) is 2.44. The van der Waals surface area contributed by atoms with Gasteiger partial charge in [0, 0.05) is 24.9 Å². The summed E-state index contributed by atoms with van der Waals surface area (Å²) in [5.41, 5.74) is 0. The van der Waals surface area contributed by atoms with Crippen LogP contribution in [0.15, 0.2) is 0 Å². The van der Waals surface area contributed by atoms with Crippen molar-refractivity contribution < 1.29 is 9.53 Å². The average Bonchev–Trinajstić information content (AvgIpc) is 2.37. The monoisotopic (exact) mass is 305 g/mol. The highest BCUT2D eigenvalue weighted by atomic mass is 79.9. The maximum Gasteiger partial charge on any atom is 0.220 e. The fraction of sp³-hybridized carbons (Fsp3) is 0.923. The maximum absolute atomic E-state index is 11.5. The van der Waals surface area contributed by atoms with Gasteiger partial charge >= 0.3 is 0 Å². The lowest BCUT2D eigenvalue weighted by atomic mass is 10.0. The minimum absolute atomic E-state index is 0.179. The van der Waals surface area contributed by atoms with Crippen LogP contribution in [0.5, 0.6) is 0 Å². The molecule has 1 rings (SSSR count). The second-order valence-electron chi connectivity index (χ2n) is 4.63. The number of rotatable bonds is 8. The van der Waals surface area contributed by atoms with Crippen LogP contribution < -0.4 is 5.32 Å². The number of carbonyl (C=O) groups is 1. The quantitative estimate of drug-likeness (QED) is 0.553. The Morgan fingerprint density at radius 2 is 2.18 bits per heavy atom. The average molecular weight is 306 g/mol. The van der Waals surface area contributed by atoms with E-state index >= 15 is 0 Å². The molecule has 0 aromatic rings. The summed E-state index contributed by atoms with van der Waals surface area (Å²) in [7, 11) is 0. The number of hydrogen-bond acceptors (Lipinski definition) is 2. The predicted octanol–water partition coefficient (Wildman–Crippen LogP) is 3.02. The molecule has 0 aliphatic carbocycles. The van der Waals surface area contributed by atoms with Crippen LogP contribution in [0.3, 0.4) is 0 Å². The van der Waals surface area contributed by atoms with E-state index in [-0.39, 0.29) is 5.91 Å². The van der Waals surface area contributed by atoms with Crippen LogP contribution in [0.4, 0.5) is 0 Å². The lowest BCUT2D eigenvalue weighted by molar-refractivity contribution is -0.122. The molecule has 1 saturated heterocycles. The number of hydrogen-bond donors (Lipinski definition) is 1. The van der Waals surface area contributed by atoms with Gasteiger partial charge in [-0.2, -0.15) is 0 Å². The van der Waals surface area contributed by atoms with Gasteiger partial charge in [-0.05, 0) is 38.5 Å². The topological polar surface area (TPSA) is 38.3 Å². The predicted molar refractivity (Wildman–Crippen MR) is 73.5 cm³/mol. The molecule has 0 radical (unpaired) electrons. The molecular formula is C13H24BrNO2. The summed E-state index contributed by atoms with van der Waals surface area (Å²) in [5, 5.41) is 4.03. The van der Waals surface area contributed by atoms with Crippen molar-refractivity contribution in [2.75, 3.05) is 18.5 Å². The Kier molecular flexibility index (Phi) is 8.71. The molecule has 1 heterocycles. The second-order valence-corrected chi connectivity index (χ2v) is 5.42. The van der Waals surface area contributed by atoms with Crippen LogP contribution in [0.2, 0.25) is 0 Å². The van der Waals surface area contributed by atoms with Crippen LogP contribution in [0.25, 0.3) is 0 Å². The molecule has 100 valence electrons. The van der Waals surface area contributed by atoms with Crippen LogP contribution in [0, 0.1) is 0 Å². The zero-order valence-electron chi connectivity index (χ0n) is 10.5. The van der Waals surface area contributed by atoms with Crippen LogP contribution in [-0.2, 0) is 9.53 Å². The Morgan fingerprint density at radius 3 is 2.88 bits per heavy atom. The van der Waals surface area contributed by atoms with Gasteiger partial charge in [0.15, 0.2) is 0 Å². The van der Waals surface area contributed by atoms with E-state index in [1.54, 1.807) is 0 Å². The largest absolute Gasteiger partial charge is 0.378 e. The van der Waals surface area contributed by atoms with Crippen molar-refractivity contribution in [2.24, 2.45) is 0 Å². The Hall–Kier alpha value is -0.0900. The third kappa shape index (κ3) is 7.77. The van der Waals surface area contributed by atoms with E-state index < -0.39 is 0 Å². The summed E-state index contributed by atoms with van der Waals surface area (Å²) in [4.78, 5) is 11.5. The minimum atomic E-state index is 0.179. The first-order valence-electron chi connectivity index (χ1n) is 6.77. The van der Waals surface area contributed by atoms with Gasteiger partial charge in [0.2, 0.25) is 5.91 Å². The summed E-state index contributed by atoms with van der Waals surface area (Å²) in [5.74, 6) is 0.179. The lowest BCUT2D eigenvalue weighted by Gasteiger charge is -2.22. The van der Waals surface area contributed by atoms with Crippen molar-refractivity contribution in [3.05, 3.63) is 0 Å². The Balaban J connectivity index is 1.93. The van der Waals surface area contributed by atoms with Crippen molar-refractivity contribution in [3.63, 3.8) is 0 Å². The summed E-state index contributed by atoms with van der Waals surface area (Å²) in [6.45, 7) is 1.69. The van der Waals surface area contributed by atoms with Crippen LogP contribution >= 0.6 is 15.9 Å². The molecule has 1 aliphatic heterocycles. The Labute approximate surface area is 113 Å². The van der Waals surface area contributed by atoms with E-state index in [1.165, 1.54) is 25.7 Å². The number of carbonyl (C=O) groups excluding carboxylic acids is 1. The van der Waals surface area contributed by atoms with Crippen molar-refractivity contribution >= 4 is 21.8 Å². The van der Waals surface area contributed by atoms with E-state index in [4.69, 9.17) is 4.74 Å². The summed E-state index contributed by atoms with van der Waals surface area (Å²) >= 11 is 3.40. The highest BCUT2D eigenvalue weighted by Gasteiger charge is 2.14.